The van der Waals surface area contributed by atoms with E-state index in [0.717, 1.165) is 12.8 Å². The molecule has 0 spiro atoms. The van der Waals surface area contributed by atoms with Gasteiger partial charge < -0.3 is 20.1 Å². The minimum Gasteiger partial charge on any atom is -0.481 e. The van der Waals surface area contributed by atoms with Gasteiger partial charge in [-0.3, -0.25) is 14.4 Å². The van der Waals surface area contributed by atoms with Crippen molar-refractivity contribution in [2.75, 3.05) is 26.8 Å². The molecule has 2 aliphatic rings. The average Bonchev–Trinajstić information content (AvgIpc) is 2.53. The van der Waals surface area contributed by atoms with Crippen LogP contribution in [0.2, 0.25) is 0 Å². The molecule has 1 aliphatic carbocycles. The van der Waals surface area contributed by atoms with Gasteiger partial charge in [0.2, 0.25) is 11.8 Å². The lowest BCUT2D eigenvalue weighted by Crippen LogP contribution is -2.57. The highest BCUT2D eigenvalue weighted by Crippen LogP contribution is 2.32. The van der Waals surface area contributed by atoms with Crippen LogP contribution in [0, 0.1) is 11.8 Å². The van der Waals surface area contributed by atoms with Crippen LogP contribution in [0.25, 0.3) is 0 Å². The van der Waals surface area contributed by atoms with Gasteiger partial charge in [-0.05, 0) is 12.8 Å². The number of carboxylic acids is 1. The van der Waals surface area contributed by atoms with Crippen molar-refractivity contribution in [3.63, 3.8) is 0 Å². The first kappa shape index (κ1) is 15.8. The number of nitrogens with zero attached hydrogens (tertiary/aromatic N) is 1. The molecule has 7 heteroatoms. The Hall–Kier alpha value is -1.63. The molecule has 118 valence electrons. The summed E-state index contributed by atoms with van der Waals surface area (Å²) < 4.78 is 5.28. The van der Waals surface area contributed by atoms with Gasteiger partial charge in [-0.2, -0.15) is 0 Å². The van der Waals surface area contributed by atoms with Gasteiger partial charge in [-0.1, -0.05) is 12.8 Å². The third kappa shape index (κ3) is 3.34. The van der Waals surface area contributed by atoms with Crippen molar-refractivity contribution in [2.24, 2.45) is 11.8 Å². The predicted octanol–water partition coefficient (Wildman–Crippen LogP) is -0.149. The number of ether oxygens (including phenoxy) is 1. The van der Waals surface area contributed by atoms with E-state index >= 15 is 0 Å². The lowest BCUT2D eigenvalue weighted by atomic mass is 9.78. The summed E-state index contributed by atoms with van der Waals surface area (Å²) in [5, 5.41) is 11.8. The van der Waals surface area contributed by atoms with E-state index in [9.17, 15) is 19.5 Å². The fourth-order valence-electron chi connectivity index (χ4n) is 3.19. The van der Waals surface area contributed by atoms with Gasteiger partial charge in [0.15, 0.2) is 0 Å². The van der Waals surface area contributed by atoms with Crippen molar-refractivity contribution >= 4 is 17.8 Å². The van der Waals surface area contributed by atoms with E-state index in [2.05, 4.69) is 5.32 Å². The van der Waals surface area contributed by atoms with Crippen molar-refractivity contribution in [2.45, 2.75) is 31.7 Å². The lowest BCUT2D eigenvalue weighted by molar-refractivity contribution is -0.159. The molecule has 0 radical (unpaired) electrons. The number of aliphatic carboxylic acids is 1. The molecule has 1 aliphatic heterocycles. The van der Waals surface area contributed by atoms with Gasteiger partial charge in [0, 0.05) is 13.6 Å². The molecule has 2 N–H and O–H groups in total. The van der Waals surface area contributed by atoms with E-state index in [1.165, 1.54) is 11.9 Å². The molecule has 7 nitrogen and oxygen atoms in total. The van der Waals surface area contributed by atoms with E-state index in [1.54, 1.807) is 0 Å². The van der Waals surface area contributed by atoms with Gasteiger partial charge in [-0.25, -0.2) is 0 Å². The van der Waals surface area contributed by atoms with Crippen LogP contribution in [0.1, 0.15) is 25.7 Å². The molecule has 1 saturated carbocycles. The number of hydrogen-bond acceptors (Lipinski definition) is 4. The van der Waals surface area contributed by atoms with E-state index < -0.39 is 23.8 Å². The molecule has 21 heavy (non-hydrogen) atoms. The van der Waals surface area contributed by atoms with Gasteiger partial charge in [0.1, 0.15) is 6.04 Å². The number of likely N-dealkylation sites (N-methyl/N-ethyl adjacent to an activating group) is 1. The Labute approximate surface area is 123 Å². The maximum atomic E-state index is 12.7. The fourth-order valence-corrected chi connectivity index (χ4v) is 3.19. The normalized spacial score (nSPS) is 29.8. The number of carbonyl (C=O) groups is 3. The highest BCUT2D eigenvalue weighted by molar-refractivity contribution is 5.90. The number of hydrogen-bond donors (Lipinski definition) is 2. The standard InChI is InChI=1S/C14H22N2O5/c1-15-12(17)11-8-21-7-6-16(11)13(18)9-4-2-3-5-10(9)14(19)20/h9-11H,2-8H2,1H3,(H,15,17)(H,19,20). The zero-order chi connectivity index (χ0) is 15.4. The number of rotatable bonds is 3. The van der Waals surface area contributed by atoms with Gasteiger partial charge in [0.05, 0.1) is 25.0 Å². The SMILES string of the molecule is CNC(=O)C1COCCN1C(=O)C1CCCCC1C(=O)O. The number of carboxylic acid groups (broad SMARTS) is 1. The summed E-state index contributed by atoms with van der Waals surface area (Å²) >= 11 is 0. The summed E-state index contributed by atoms with van der Waals surface area (Å²) in [5.74, 6) is -2.58. The van der Waals surface area contributed by atoms with Gasteiger partial charge >= 0.3 is 5.97 Å². The largest absolute Gasteiger partial charge is 0.481 e. The number of nitrogens with one attached hydrogen (secondary N) is 1. The molecular formula is C14H22N2O5. The molecule has 0 bridgehead atoms. The maximum absolute atomic E-state index is 12.7. The van der Waals surface area contributed by atoms with Crippen LogP contribution in [0.3, 0.4) is 0 Å². The maximum Gasteiger partial charge on any atom is 0.307 e. The second-order valence-electron chi connectivity index (χ2n) is 5.57. The van der Waals surface area contributed by atoms with Crippen LogP contribution in [-0.4, -0.2) is 60.6 Å². The Morgan fingerprint density at radius 1 is 1.19 bits per heavy atom. The van der Waals surface area contributed by atoms with Gasteiger partial charge in [-0.15, -0.1) is 0 Å². The summed E-state index contributed by atoms with van der Waals surface area (Å²) in [5.41, 5.74) is 0. The summed E-state index contributed by atoms with van der Waals surface area (Å²) in [6.45, 7) is 0.874. The molecule has 0 aromatic carbocycles. The topological polar surface area (TPSA) is 95.9 Å². The highest BCUT2D eigenvalue weighted by atomic mass is 16.5. The van der Waals surface area contributed by atoms with Crippen LogP contribution in [-0.2, 0) is 19.1 Å². The van der Waals surface area contributed by atoms with Crippen molar-refractivity contribution in [3.8, 4) is 0 Å². The highest BCUT2D eigenvalue weighted by Gasteiger charge is 2.41. The Bertz CT molecular complexity index is 426. The number of carbonyl (C=O) groups excluding carboxylic acids is 2. The molecule has 1 heterocycles. The number of morpholine rings is 1. The van der Waals surface area contributed by atoms with Crippen LogP contribution in [0.5, 0.6) is 0 Å². The third-order valence-electron chi connectivity index (χ3n) is 4.36. The summed E-state index contributed by atoms with van der Waals surface area (Å²) in [6, 6.07) is -0.660. The summed E-state index contributed by atoms with van der Waals surface area (Å²) in [4.78, 5) is 37.4. The molecule has 1 saturated heterocycles. The minimum absolute atomic E-state index is 0.163. The first-order valence-electron chi connectivity index (χ1n) is 7.39. The van der Waals surface area contributed by atoms with E-state index in [-0.39, 0.29) is 18.4 Å². The smallest absolute Gasteiger partial charge is 0.307 e. The van der Waals surface area contributed by atoms with Crippen molar-refractivity contribution < 1.29 is 24.2 Å². The average molecular weight is 298 g/mol. The Morgan fingerprint density at radius 3 is 2.48 bits per heavy atom. The van der Waals surface area contributed by atoms with Gasteiger partial charge in [0.25, 0.3) is 0 Å². The quantitative estimate of drug-likeness (QED) is 0.755. The van der Waals surface area contributed by atoms with Crippen LogP contribution in [0.4, 0.5) is 0 Å². The lowest BCUT2D eigenvalue weighted by Gasteiger charge is -2.38. The molecule has 2 amide bonds. The fraction of sp³-hybridized carbons (Fsp3) is 0.786. The predicted molar refractivity (Wildman–Crippen MR) is 73.5 cm³/mol. The van der Waals surface area contributed by atoms with Crippen molar-refractivity contribution in [1.29, 1.82) is 0 Å². The first-order valence-corrected chi connectivity index (χ1v) is 7.39. The van der Waals surface area contributed by atoms with Crippen LogP contribution >= 0.6 is 0 Å². The molecular weight excluding hydrogens is 276 g/mol. The molecule has 3 atom stereocenters. The van der Waals surface area contributed by atoms with Crippen LogP contribution in [0.15, 0.2) is 0 Å². The number of amides is 2. The van der Waals surface area contributed by atoms with Crippen molar-refractivity contribution in [3.05, 3.63) is 0 Å². The molecule has 3 unspecified atom stereocenters. The molecule has 2 fully saturated rings. The Morgan fingerprint density at radius 2 is 1.86 bits per heavy atom. The zero-order valence-electron chi connectivity index (χ0n) is 12.2. The van der Waals surface area contributed by atoms with E-state index in [1.807, 2.05) is 0 Å². The molecule has 0 aromatic heterocycles. The van der Waals surface area contributed by atoms with E-state index in [0.29, 0.717) is 26.0 Å². The van der Waals surface area contributed by atoms with E-state index in [4.69, 9.17) is 4.74 Å². The van der Waals surface area contributed by atoms with Crippen molar-refractivity contribution in [1.82, 2.24) is 10.2 Å². The van der Waals surface area contributed by atoms with Crippen LogP contribution < -0.4 is 5.32 Å². The zero-order valence-corrected chi connectivity index (χ0v) is 12.2. The monoisotopic (exact) mass is 298 g/mol. The Balaban J connectivity index is 2.15. The third-order valence-corrected chi connectivity index (χ3v) is 4.36. The minimum atomic E-state index is -0.919. The Kier molecular flexibility index (Phi) is 5.17. The molecule has 0 aromatic rings. The summed E-state index contributed by atoms with van der Waals surface area (Å²) in [6.07, 6.45) is 2.80. The first-order chi connectivity index (χ1) is 10.1. The molecule has 2 rings (SSSR count). The summed E-state index contributed by atoms with van der Waals surface area (Å²) in [7, 11) is 1.51. The second-order valence-corrected chi connectivity index (χ2v) is 5.57. The second kappa shape index (κ2) is 6.89.